The lowest BCUT2D eigenvalue weighted by Gasteiger charge is -2.11. The van der Waals surface area contributed by atoms with Crippen molar-refractivity contribution in [2.24, 2.45) is 5.10 Å². The summed E-state index contributed by atoms with van der Waals surface area (Å²) >= 11 is 0. The highest BCUT2D eigenvalue weighted by molar-refractivity contribution is 5.92. The Bertz CT molecular complexity index is 1500. The van der Waals surface area contributed by atoms with Crippen LogP contribution in [0.2, 0.25) is 0 Å². The van der Waals surface area contributed by atoms with Gasteiger partial charge in [0, 0.05) is 36.2 Å². The maximum atomic E-state index is 12.2. The van der Waals surface area contributed by atoms with Crippen LogP contribution < -0.4 is 25.0 Å². The number of rotatable bonds is 13. The summed E-state index contributed by atoms with van der Waals surface area (Å²) in [7, 11) is 2.92. The number of anilines is 1. The Morgan fingerprint density at radius 2 is 1.88 bits per heavy atom. The molecule has 3 aromatic rings. The van der Waals surface area contributed by atoms with Crippen LogP contribution in [0.5, 0.6) is 17.4 Å². The van der Waals surface area contributed by atoms with Gasteiger partial charge in [-0.15, -0.1) is 0 Å². The number of nitrogens with zero attached hydrogens (tertiary/aromatic N) is 4. The number of non-ortho nitro benzene ring substituents is 1. The number of benzene rings is 2. The van der Waals surface area contributed by atoms with Crippen molar-refractivity contribution < 1.29 is 33.5 Å². The van der Waals surface area contributed by atoms with Crippen molar-refractivity contribution in [3.63, 3.8) is 0 Å². The summed E-state index contributed by atoms with van der Waals surface area (Å²) in [6.07, 6.45) is 1.36. The SMILES string of the molecule is COCc1cc(C)nc(OCC(=O)N/N=C/c2ccc(OCC(=O)Nc3cccc([N+](=O)[O-])c3)c(OC)c2)c1C#N. The van der Waals surface area contributed by atoms with Crippen molar-refractivity contribution in [1.82, 2.24) is 10.4 Å². The van der Waals surface area contributed by atoms with E-state index in [2.05, 4.69) is 20.8 Å². The van der Waals surface area contributed by atoms with Crippen LogP contribution in [-0.2, 0) is 20.9 Å². The Kier molecular flexibility index (Phi) is 10.7. The van der Waals surface area contributed by atoms with E-state index in [1.54, 1.807) is 31.2 Å². The van der Waals surface area contributed by atoms with Gasteiger partial charge in [0.15, 0.2) is 24.7 Å². The first kappa shape index (κ1) is 30.0. The van der Waals surface area contributed by atoms with Crippen molar-refractivity contribution in [2.45, 2.75) is 13.5 Å². The van der Waals surface area contributed by atoms with E-state index in [1.165, 1.54) is 44.7 Å². The van der Waals surface area contributed by atoms with Gasteiger partial charge < -0.3 is 24.3 Å². The summed E-state index contributed by atoms with van der Waals surface area (Å²) in [6, 6.07) is 14.0. The maximum absolute atomic E-state index is 12.2. The lowest BCUT2D eigenvalue weighted by atomic mass is 10.1. The van der Waals surface area contributed by atoms with Crippen LogP contribution in [0, 0.1) is 28.4 Å². The zero-order chi connectivity index (χ0) is 29.8. The molecule has 0 radical (unpaired) electrons. The first-order valence-electron chi connectivity index (χ1n) is 11.9. The molecule has 0 bridgehead atoms. The highest BCUT2D eigenvalue weighted by atomic mass is 16.6. The van der Waals surface area contributed by atoms with Gasteiger partial charge in [-0.2, -0.15) is 10.4 Å². The fourth-order valence-corrected chi connectivity index (χ4v) is 3.47. The van der Waals surface area contributed by atoms with Crippen molar-refractivity contribution in [3.8, 4) is 23.4 Å². The number of nitrogens with one attached hydrogen (secondary N) is 2. The van der Waals surface area contributed by atoms with Gasteiger partial charge in [0.1, 0.15) is 11.6 Å². The van der Waals surface area contributed by atoms with Gasteiger partial charge in [-0.25, -0.2) is 10.4 Å². The van der Waals surface area contributed by atoms with Crippen molar-refractivity contribution in [1.29, 1.82) is 5.26 Å². The van der Waals surface area contributed by atoms with Gasteiger partial charge in [-0.1, -0.05) is 6.07 Å². The molecule has 0 saturated carbocycles. The predicted octanol–water partition coefficient (Wildman–Crippen LogP) is 2.87. The third-order valence-corrected chi connectivity index (χ3v) is 5.24. The first-order chi connectivity index (χ1) is 19.7. The quantitative estimate of drug-likeness (QED) is 0.178. The minimum Gasteiger partial charge on any atom is -0.493 e. The van der Waals surface area contributed by atoms with Crippen LogP contribution in [0.25, 0.3) is 0 Å². The predicted molar refractivity (Wildman–Crippen MR) is 146 cm³/mol. The smallest absolute Gasteiger partial charge is 0.278 e. The van der Waals surface area contributed by atoms with Gasteiger partial charge in [-0.3, -0.25) is 19.7 Å². The van der Waals surface area contributed by atoms with E-state index in [4.69, 9.17) is 18.9 Å². The van der Waals surface area contributed by atoms with Crippen LogP contribution in [0.1, 0.15) is 22.4 Å². The molecule has 14 heteroatoms. The molecular weight excluding hydrogens is 536 g/mol. The van der Waals surface area contributed by atoms with Crippen molar-refractivity contribution in [2.75, 3.05) is 32.8 Å². The number of nitriles is 1. The minimum atomic E-state index is -0.580. The summed E-state index contributed by atoms with van der Waals surface area (Å²) in [5.41, 5.74) is 4.37. The Morgan fingerprint density at radius 3 is 2.59 bits per heavy atom. The summed E-state index contributed by atoms with van der Waals surface area (Å²) in [5.74, 6) is -0.516. The fraction of sp³-hybridized carbons (Fsp3) is 0.222. The van der Waals surface area contributed by atoms with E-state index in [0.29, 0.717) is 22.6 Å². The first-order valence-corrected chi connectivity index (χ1v) is 11.9. The molecule has 212 valence electrons. The molecule has 3 rings (SSSR count). The van der Waals surface area contributed by atoms with Gasteiger partial charge in [-0.05, 0) is 42.8 Å². The van der Waals surface area contributed by atoms with Gasteiger partial charge in [0.05, 0.1) is 24.9 Å². The molecular formula is C27H26N6O8. The zero-order valence-corrected chi connectivity index (χ0v) is 22.4. The third kappa shape index (κ3) is 8.73. The van der Waals surface area contributed by atoms with E-state index >= 15 is 0 Å². The number of ether oxygens (including phenoxy) is 4. The second-order valence-electron chi connectivity index (χ2n) is 8.28. The summed E-state index contributed by atoms with van der Waals surface area (Å²) in [4.78, 5) is 39.0. The Morgan fingerprint density at radius 1 is 1.10 bits per heavy atom. The molecule has 0 aliphatic carbocycles. The number of hydrazone groups is 1. The topological polar surface area (TPSA) is 187 Å². The van der Waals surface area contributed by atoms with Crippen LogP contribution in [0.3, 0.4) is 0 Å². The monoisotopic (exact) mass is 562 g/mol. The van der Waals surface area contributed by atoms with Crippen LogP contribution >= 0.6 is 0 Å². The molecule has 0 atom stereocenters. The number of hydrogen-bond donors (Lipinski definition) is 2. The number of nitro benzene ring substituents is 1. The maximum Gasteiger partial charge on any atom is 0.278 e. The lowest BCUT2D eigenvalue weighted by Crippen LogP contribution is -2.25. The number of carbonyl (C=O) groups excluding carboxylic acids is 2. The molecule has 0 aliphatic rings. The van der Waals surface area contributed by atoms with E-state index in [9.17, 15) is 25.0 Å². The zero-order valence-electron chi connectivity index (χ0n) is 22.4. The molecule has 0 aliphatic heterocycles. The van der Waals surface area contributed by atoms with E-state index in [0.717, 1.165) is 0 Å². The molecule has 0 spiro atoms. The van der Waals surface area contributed by atoms with Crippen molar-refractivity contribution >= 4 is 29.4 Å². The van der Waals surface area contributed by atoms with Crippen LogP contribution in [0.4, 0.5) is 11.4 Å². The molecule has 41 heavy (non-hydrogen) atoms. The van der Waals surface area contributed by atoms with Crippen LogP contribution in [-0.4, -0.2) is 55.4 Å². The number of hydrogen-bond acceptors (Lipinski definition) is 11. The van der Waals surface area contributed by atoms with Crippen LogP contribution in [0.15, 0.2) is 53.6 Å². The highest BCUT2D eigenvalue weighted by Crippen LogP contribution is 2.28. The molecule has 2 N–H and O–H groups in total. The van der Waals surface area contributed by atoms with E-state index < -0.39 is 23.3 Å². The molecule has 2 aromatic carbocycles. The van der Waals surface area contributed by atoms with Gasteiger partial charge >= 0.3 is 0 Å². The Balaban J connectivity index is 1.54. The number of carbonyl (C=O) groups is 2. The molecule has 2 amide bonds. The number of aryl methyl sites for hydroxylation is 1. The average molecular weight is 563 g/mol. The van der Waals surface area contributed by atoms with Gasteiger partial charge in [0.25, 0.3) is 17.5 Å². The number of aromatic nitrogens is 1. The average Bonchev–Trinajstić information content (AvgIpc) is 2.95. The van der Waals surface area contributed by atoms with E-state index in [-0.39, 0.29) is 41.8 Å². The highest BCUT2D eigenvalue weighted by Gasteiger charge is 2.15. The fourth-order valence-electron chi connectivity index (χ4n) is 3.47. The van der Waals surface area contributed by atoms with Crippen molar-refractivity contribution in [3.05, 3.63) is 81.0 Å². The Labute approximate surface area is 234 Å². The summed E-state index contributed by atoms with van der Waals surface area (Å²) in [5, 5.41) is 26.8. The molecule has 0 unspecified atom stereocenters. The molecule has 0 fully saturated rings. The number of methoxy groups -OCH3 is 2. The molecule has 1 heterocycles. The lowest BCUT2D eigenvalue weighted by molar-refractivity contribution is -0.384. The third-order valence-electron chi connectivity index (χ3n) is 5.24. The summed E-state index contributed by atoms with van der Waals surface area (Å²) in [6.45, 7) is 1.12. The second-order valence-corrected chi connectivity index (χ2v) is 8.28. The standard InChI is InChI=1S/C27H26N6O8/c1-17-9-19(14-38-2)22(12-28)27(30-17)41-16-26(35)32-29-13-18-7-8-23(24(10-18)39-3)40-15-25(34)31-20-5-4-6-21(11-20)33(36)37/h4-11,13H,14-16H2,1-3H3,(H,31,34)(H,32,35)/b29-13+. The second kappa shape index (κ2) is 14.6. The normalized spacial score (nSPS) is 10.5. The Hall–Kier alpha value is -5.55. The molecule has 0 saturated heterocycles. The number of pyridine rings is 1. The largest absolute Gasteiger partial charge is 0.493 e. The van der Waals surface area contributed by atoms with E-state index in [1.807, 2.05) is 6.07 Å². The number of nitro groups is 1. The molecule has 1 aromatic heterocycles. The molecule has 14 nitrogen and oxygen atoms in total. The van der Waals surface area contributed by atoms with Gasteiger partial charge in [0.2, 0.25) is 5.88 Å². The minimum absolute atomic E-state index is 0.0257. The number of amides is 2. The summed E-state index contributed by atoms with van der Waals surface area (Å²) < 4.78 is 21.4.